The van der Waals surface area contributed by atoms with Crippen LogP contribution in [0, 0.1) is 17.2 Å². The van der Waals surface area contributed by atoms with Crippen molar-refractivity contribution in [2.24, 2.45) is 16.6 Å². The molecule has 6 nitrogen and oxygen atoms in total. The summed E-state index contributed by atoms with van der Waals surface area (Å²) in [5.74, 6) is 0.797. The molecular formula is C22H21N3O3. The summed E-state index contributed by atoms with van der Waals surface area (Å²) in [6.45, 7) is 0.352. The van der Waals surface area contributed by atoms with Gasteiger partial charge in [0, 0.05) is 11.5 Å². The van der Waals surface area contributed by atoms with Crippen LogP contribution in [0.2, 0.25) is 0 Å². The van der Waals surface area contributed by atoms with Gasteiger partial charge in [-0.2, -0.15) is 5.26 Å². The number of aliphatic hydroxyl groups is 1. The molecule has 2 aromatic carbocycles. The fourth-order valence-corrected chi connectivity index (χ4v) is 4.82. The highest BCUT2D eigenvalue weighted by Gasteiger charge is 2.55. The molecule has 6 heteroatoms. The fourth-order valence-electron chi connectivity index (χ4n) is 4.82. The number of hydrogen-bond acceptors (Lipinski definition) is 6. The van der Waals surface area contributed by atoms with Crippen LogP contribution in [0.25, 0.3) is 11.1 Å². The molecule has 0 bridgehead atoms. The maximum Gasteiger partial charge on any atom is 0.283 e. The number of fused-ring (bicyclic) bond motifs is 4. The summed E-state index contributed by atoms with van der Waals surface area (Å²) in [6, 6.07) is 15.9. The lowest BCUT2D eigenvalue weighted by Gasteiger charge is -2.47. The van der Waals surface area contributed by atoms with Crippen molar-refractivity contribution in [3.05, 3.63) is 53.6 Å². The Bertz CT molecular complexity index is 1010. The maximum absolute atomic E-state index is 10.3. The Balaban J connectivity index is 1.66. The van der Waals surface area contributed by atoms with Gasteiger partial charge in [-0.3, -0.25) is 0 Å². The van der Waals surface area contributed by atoms with Crippen LogP contribution in [-0.2, 0) is 10.3 Å². The van der Waals surface area contributed by atoms with Gasteiger partial charge in [0.2, 0.25) is 0 Å². The van der Waals surface area contributed by atoms with Crippen LogP contribution in [0.5, 0.6) is 5.75 Å². The van der Waals surface area contributed by atoms with E-state index in [1.54, 1.807) is 6.07 Å². The largest absolute Gasteiger partial charge is 0.490 e. The first-order valence-corrected chi connectivity index (χ1v) is 9.57. The van der Waals surface area contributed by atoms with Crippen molar-refractivity contribution in [1.29, 1.82) is 5.26 Å². The smallest absolute Gasteiger partial charge is 0.283 e. The molecule has 3 aliphatic rings. The zero-order valence-corrected chi connectivity index (χ0v) is 15.3. The van der Waals surface area contributed by atoms with Crippen molar-refractivity contribution in [2.45, 2.75) is 37.0 Å². The number of nitrogens with two attached hydrogens (primary N) is 1. The summed E-state index contributed by atoms with van der Waals surface area (Å²) in [5, 5.41) is 19.5. The van der Waals surface area contributed by atoms with Crippen molar-refractivity contribution in [1.82, 2.24) is 0 Å². The minimum absolute atomic E-state index is 0.00509. The van der Waals surface area contributed by atoms with Crippen molar-refractivity contribution < 1.29 is 14.6 Å². The molecule has 0 radical (unpaired) electrons. The summed E-state index contributed by atoms with van der Waals surface area (Å²) in [4.78, 5) is 4.74. The molecule has 1 aliphatic carbocycles. The van der Waals surface area contributed by atoms with Crippen LogP contribution < -0.4 is 10.5 Å². The Morgan fingerprint density at radius 3 is 2.82 bits per heavy atom. The molecule has 28 heavy (non-hydrogen) atoms. The summed E-state index contributed by atoms with van der Waals surface area (Å²) in [6.07, 6.45) is 1.75. The topological polar surface area (TPSA) is 101 Å². The zero-order chi connectivity index (χ0) is 19.3. The standard InChI is InChI=1S/C22H21N3O3/c23-11-13-2-1-3-14(8-13)15-4-6-19-17(9-15)22(12-27-21(24)25-22)18-10-16(26)5-7-20(18)28-19/h1-4,6,8-9,16,18,20,26H,5,7,10,12H2,(H2,24,25)/t16-,18-,20-,22?/m0/s1. The average molecular weight is 375 g/mol. The second-order valence-electron chi connectivity index (χ2n) is 7.80. The molecule has 1 fully saturated rings. The molecule has 1 unspecified atom stereocenters. The van der Waals surface area contributed by atoms with E-state index in [0.29, 0.717) is 18.6 Å². The van der Waals surface area contributed by atoms with E-state index in [1.165, 1.54) is 0 Å². The van der Waals surface area contributed by atoms with Gasteiger partial charge in [-0.25, -0.2) is 4.99 Å². The molecule has 142 valence electrons. The van der Waals surface area contributed by atoms with Crippen LogP contribution in [0.1, 0.15) is 30.4 Å². The molecule has 0 saturated heterocycles. The van der Waals surface area contributed by atoms with E-state index in [-0.39, 0.29) is 24.1 Å². The lowest BCUT2D eigenvalue weighted by Crippen LogP contribution is -2.51. The van der Waals surface area contributed by atoms with Crippen molar-refractivity contribution in [2.75, 3.05) is 6.61 Å². The molecule has 2 aliphatic heterocycles. The number of aliphatic hydroxyl groups excluding tert-OH is 1. The molecule has 1 spiro atoms. The highest BCUT2D eigenvalue weighted by atomic mass is 16.5. The summed E-state index contributed by atoms with van der Waals surface area (Å²) < 4.78 is 11.9. The predicted molar refractivity (Wildman–Crippen MR) is 104 cm³/mol. The van der Waals surface area contributed by atoms with Gasteiger partial charge in [-0.15, -0.1) is 0 Å². The Hall–Kier alpha value is -3.04. The lowest BCUT2D eigenvalue weighted by atomic mass is 9.67. The van der Waals surface area contributed by atoms with E-state index in [4.69, 9.17) is 20.2 Å². The van der Waals surface area contributed by atoms with Gasteiger partial charge >= 0.3 is 0 Å². The summed E-state index contributed by atoms with van der Waals surface area (Å²) in [7, 11) is 0. The van der Waals surface area contributed by atoms with Crippen LogP contribution in [0.15, 0.2) is 47.5 Å². The van der Waals surface area contributed by atoms with Crippen molar-refractivity contribution in [3.63, 3.8) is 0 Å². The highest BCUT2D eigenvalue weighted by molar-refractivity contribution is 5.75. The second-order valence-corrected chi connectivity index (χ2v) is 7.80. The molecule has 2 aromatic rings. The van der Waals surface area contributed by atoms with Gasteiger partial charge in [0.1, 0.15) is 24.0 Å². The molecule has 4 atom stereocenters. The molecule has 5 rings (SSSR count). The van der Waals surface area contributed by atoms with Crippen LogP contribution in [0.3, 0.4) is 0 Å². The van der Waals surface area contributed by atoms with E-state index in [0.717, 1.165) is 35.3 Å². The quantitative estimate of drug-likeness (QED) is 0.798. The molecule has 2 heterocycles. The van der Waals surface area contributed by atoms with Gasteiger partial charge in [-0.1, -0.05) is 18.2 Å². The maximum atomic E-state index is 10.3. The predicted octanol–water partition coefficient (Wildman–Crippen LogP) is 2.69. The van der Waals surface area contributed by atoms with Crippen LogP contribution >= 0.6 is 0 Å². The average Bonchev–Trinajstić information content (AvgIpc) is 3.11. The Labute approximate surface area is 163 Å². The van der Waals surface area contributed by atoms with Gasteiger partial charge in [0.15, 0.2) is 0 Å². The number of hydrogen-bond donors (Lipinski definition) is 2. The third kappa shape index (κ3) is 2.54. The van der Waals surface area contributed by atoms with E-state index >= 15 is 0 Å². The number of nitrogens with zero attached hydrogens (tertiary/aromatic N) is 2. The molecule has 1 saturated carbocycles. The SMILES string of the molecule is N#Cc1cccc(-c2ccc3c(c2)C2(COC(N)=N2)[C@H]2C[C@@H](O)CC[C@@H]2O3)c1. The Morgan fingerprint density at radius 2 is 2.04 bits per heavy atom. The zero-order valence-electron chi connectivity index (χ0n) is 15.3. The lowest BCUT2D eigenvalue weighted by molar-refractivity contribution is -0.0359. The minimum atomic E-state index is -0.646. The normalized spacial score (nSPS) is 30.4. The third-order valence-electron chi connectivity index (χ3n) is 6.17. The summed E-state index contributed by atoms with van der Waals surface area (Å²) in [5.41, 5.74) is 8.77. The highest BCUT2D eigenvalue weighted by Crippen LogP contribution is 2.53. The molecule has 3 N–H and O–H groups in total. The Kier molecular flexibility index (Phi) is 3.81. The number of aliphatic imine (C=N–C) groups is 1. The van der Waals surface area contributed by atoms with E-state index in [9.17, 15) is 10.4 Å². The first-order valence-electron chi connectivity index (χ1n) is 9.57. The van der Waals surface area contributed by atoms with Crippen molar-refractivity contribution >= 4 is 6.02 Å². The first kappa shape index (κ1) is 17.1. The second kappa shape index (κ2) is 6.25. The van der Waals surface area contributed by atoms with E-state index in [1.807, 2.05) is 30.3 Å². The van der Waals surface area contributed by atoms with Crippen LogP contribution in [0.4, 0.5) is 0 Å². The number of nitriles is 1. The van der Waals surface area contributed by atoms with Gasteiger partial charge in [-0.05, 0) is 54.7 Å². The van der Waals surface area contributed by atoms with Crippen molar-refractivity contribution in [3.8, 4) is 22.9 Å². The van der Waals surface area contributed by atoms with Gasteiger partial charge in [0.25, 0.3) is 6.02 Å². The summed E-state index contributed by atoms with van der Waals surface area (Å²) >= 11 is 0. The molecule has 0 amide bonds. The monoisotopic (exact) mass is 375 g/mol. The molecular weight excluding hydrogens is 354 g/mol. The number of benzene rings is 2. The van der Waals surface area contributed by atoms with E-state index in [2.05, 4.69) is 12.1 Å². The number of rotatable bonds is 1. The minimum Gasteiger partial charge on any atom is -0.490 e. The number of ether oxygens (including phenoxy) is 2. The van der Waals surface area contributed by atoms with Gasteiger partial charge < -0.3 is 20.3 Å². The first-order chi connectivity index (χ1) is 13.6. The van der Waals surface area contributed by atoms with E-state index < -0.39 is 5.54 Å². The van der Waals surface area contributed by atoms with Gasteiger partial charge in [0.05, 0.1) is 17.7 Å². The number of amidine groups is 1. The third-order valence-corrected chi connectivity index (χ3v) is 6.17. The fraction of sp³-hybridized carbons (Fsp3) is 0.364. The molecule has 0 aromatic heterocycles. The Morgan fingerprint density at radius 1 is 1.18 bits per heavy atom. The van der Waals surface area contributed by atoms with Crippen LogP contribution in [-0.4, -0.2) is 29.9 Å².